The van der Waals surface area contributed by atoms with Gasteiger partial charge in [-0.15, -0.1) is 12.4 Å². The lowest BCUT2D eigenvalue weighted by molar-refractivity contribution is -0.124. The molecule has 0 aliphatic rings. The Morgan fingerprint density at radius 3 is 2.47 bits per heavy atom. The molecule has 0 radical (unpaired) electrons. The monoisotopic (exact) mass is 285 g/mol. The summed E-state index contributed by atoms with van der Waals surface area (Å²) < 4.78 is 0. The van der Waals surface area contributed by atoms with Crippen molar-refractivity contribution in [2.45, 2.75) is 6.92 Å². The lowest BCUT2D eigenvalue weighted by atomic mass is 10.1. The number of halogens is 1. The Morgan fingerprint density at radius 1 is 1.37 bits per heavy atom. The second kappa shape index (κ2) is 7.63. The van der Waals surface area contributed by atoms with E-state index in [4.69, 9.17) is 5.73 Å². The summed E-state index contributed by atoms with van der Waals surface area (Å²) in [6.07, 6.45) is 0. The van der Waals surface area contributed by atoms with Gasteiger partial charge in [0.2, 0.25) is 5.91 Å². The molecule has 5 nitrogen and oxygen atoms in total. The summed E-state index contributed by atoms with van der Waals surface area (Å²) in [7, 11) is 3.24. The van der Waals surface area contributed by atoms with Crippen LogP contribution in [0.1, 0.15) is 17.3 Å². The molecule has 2 amide bonds. The number of benzene rings is 1. The highest BCUT2D eigenvalue weighted by Crippen LogP contribution is 2.13. The van der Waals surface area contributed by atoms with Crippen LogP contribution >= 0.6 is 12.4 Å². The molecule has 0 aromatic heterocycles. The quantitative estimate of drug-likeness (QED) is 0.815. The van der Waals surface area contributed by atoms with Crippen LogP contribution in [0.3, 0.4) is 0 Å². The van der Waals surface area contributed by atoms with Crippen LogP contribution < -0.4 is 11.1 Å². The number of hydrogen-bond donors (Lipinski definition) is 2. The van der Waals surface area contributed by atoms with Crippen molar-refractivity contribution in [3.8, 4) is 0 Å². The van der Waals surface area contributed by atoms with Crippen LogP contribution in [-0.4, -0.2) is 37.4 Å². The summed E-state index contributed by atoms with van der Waals surface area (Å²) >= 11 is 0. The molecule has 0 saturated heterocycles. The fourth-order valence-corrected chi connectivity index (χ4v) is 1.72. The predicted molar refractivity (Wildman–Crippen MR) is 78.3 cm³/mol. The number of carbonyl (C=O) groups excluding carboxylic acids is 2. The van der Waals surface area contributed by atoms with E-state index in [-0.39, 0.29) is 30.1 Å². The molecule has 0 saturated carbocycles. The van der Waals surface area contributed by atoms with E-state index in [1.807, 2.05) is 0 Å². The van der Waals surface area contributed by atoms with Gasteiger partial charge >= 0.3 is 0 Å². The highest BCUT2D eigenvalue weighted by Gasteiger charge is 2.19. The Kier molecular flexibility index (Phi) is 6.93. The van der Waals surface area contributed by atoms with E-state index in [0.717, 1.165) is 0 Å². The number of nitrogen functional groups attached to an aromatic ring is 1. The maximum absolute atomic E-state index is 12.1. The second-order valence-electron chi connectivity index (χ2n) is 4.29. The summed E-state index contributed by atoms with van der Waals surface area (Å²) in [5, 5.41) is 2.56. The molecule has 1 unspecified atom stereocenters. The molecule has 1 atom stereocenters. The molecule has 1 rings (SSSR count). The zero-order valence-corrected chi connectivity index (χ0v) is 12.2. The number of rotatable bonds is 4. The normalized spacial score (nSPS) is 11.1. The van der Waals surface area contributed by atoms with Crippen molar-refractivity contribution < 1.29 is 9.59 Å². The van der Waals surface area contributed by atoms with Gasteiger partial charge in [0.25, 0.3) is 5.91 Å². The van der Waals surface area contributed by atoms with Gasteiger partial charge in [-0.25, -0.2) is 0 Å². The largest absolute Gasteiger partial charge is 0.398 e. The number of para-hydroxylation sites is 1. The third-order valence-electron chi connectivity index (χ3n) is 2.78. The smallest absolute Gasteiger partial charge is 0.255 e. The van der Waals surface area contributed by atoms with E-state index in [1.54, 1.807) is 45.3 Å². The highest BCUT2D eigenvalue weighted by molar-refractivity contribution is 5.99. The van der Waals surface area contributed by atoms with Gasteiger partial charge in [-0.05, 0) is 12.1 Å². The molecule has 0 aliphatic carbocycles. The highest BCUT2D eigenvalue weighted by atomic mass is 35.5. The van der Waals surface area contributed by atoms with Crippen molar-refractivity contribution in [3.05, 3.63) is 29.8 Å². The molecular formula is C13H20ClN3O2. The van der Waals surface area contributed by atoms with Crippen LogP contribution in [0.5, 0.6) is 0 Å². The minimum Gasteiger partial charge on any atom is -0.398 e. The zero-order valence-electron chi connectivity index (χ0n) is 11.3. The van der Waals surface area contributed by atoms with Crippen LogP contribution in [0, 0.1) is 5.92 Å². The van der Waals surface area contributed by atoms with Crippen LogP contribution in [0.2, 0.25) is 0 Å². The summed E-state index contributed by atoms with van der Waals surface area (Å²) in [6.45, 7) is 2.13. The molecular weight excluding hydrogens is 266 g/mol. The first-order valence-electron chi connectivity index (χ1n) is 5.79. The first-order chi connectivity index (χ1) is 8.47. The van der Waals surface area contributed by atoms with Gasteiger partial charge in [-0.1, -0.05) is 19.1 Å². The van der Waals surface area contributed by atoms with Gasteiger partial charge in [0.1, 0.15) is 0 Å². The first-order valence-corrected chi connectivity index (χ1v) is 5.79. The number of hydrogen-bond acceptors (Lipinski definition) is 3. The molecule has 0 aliphatic heterocycles. The third kappa shape index (κ3) is 4.44. The third-order valence-corrected chi connectivity index (χ3v) is 2.78. The number of nitrogens with zero attached hydrogens (tertiary/aromatic N) is 1. The van der Waals surface area contributed by atoms with Gasteiger partial charge in [0.15, 0.2) is 0 Å². The van der Waals surface area contributed by atoms with Gasteiger partial charge in [0, 0.05) is 26.3 Å². The summed E-state index contributed by atoms with van der Waals surface area (Å²) in [5.41, 5.74) is 6.66. The first kappa shape index (κ1) is 17.2. The Hall–Kier alpha value is -1.75. The van der Waals surface area contributed by atoms with E-state index < -0.39 is 0 Å². The molecule has 6 heteroatoms. The average Bonchev–Trinajstić information content (AvgIpc) is 2.37. The van der Waals surface area contributed by atoms with Crippen molar-refractivity contribution in [2.75, 3.05) is 26.4 Å². The maximum Gasteiger partial charge on any atom is 0.255 e. The van der Waals surface area contributed by atoms with E-state index in [2.05, 4.69) is 5.32 Å². The van der Waals surface area contributed by atoms with Gasteiger partial charge in [-0.3, -0.25) is 9.59 Å². The molecule has 3 N–H and O–H groups in total. The van der Waals surface area contributed by atoms with Gasteiger partial charge < -0.3 is 16.0 Å². The zero-order chi connectivity index (χ0) is 13.7. The van der Waals surface area contributed by atoms with Crippen LogP contribution in [-0.2, 0) is 4.79 Å². The Balaban J connectivity index is 0.00000324. The molecule has 0 fully saturated rings. The van der Waals surface area contributed by atoms with Gasteiger partial charge in [-0.2, -0.15) is 0 Å². The Morgan fingerprint density at radius 2 is 1.95 bits per heavy atom. The molecule has 1 aromatic carbocycles. The Bertz CT molecular complexity index is 451. The molecule has 0 spiro atoms. The summed E-state index contributed by atoms with van der Waals surface area (Å²) in [6, 6.07) is 6.90. The molecule has 19 heavy (non-hydrogen) atoms. The van der Waals surface area contributed by atoms with Crippen LogP contribution in [0.15, 0.2) is 24.3 Å². The SMILES string of the molecule is CNC(=O)C(C)CN(C)C(=O)c1ccccc1N.Cl. The van der Waals surface area contributed by atoms with E-state index in [9.17, 15) is 9.59 Å². The topological polar surface area (TPSA) is 75.4 Å². The number of amides is 2. The second-order valence-corrected chi connectivity index (χ2v) is 4.29. The van der Waals surface area contributed by atoms with Gasteiger partial charge in [0.05, 0.1) is 11.5 Å². The summed E-state index contributed by atoms with van der Waals surface area (Å²) in [5.74, 6) is -0.520. The minimum atomic E-state index is -0.256. The molecule has 106 valence electrons. The number of nitrogens with one attached hydrogen (secondary N) is 1. The number of anilines is 1. The van der Waals surface area contributed by atoms with Crippen LogP contribution in [0.4, 0.5) is 5.69 Å². The number of nitrogens with two attached hydrogens (primary N) is 1. The van der Waals surface area contributed by atoms with Crippen molar-refractivity contribution in [3.63, 3.8) is 0 Å². The van der Waals surface area contributed by atoms with E-state index >= 15 is 0 Å². The summed E-state index contributed by atoms with van der Waals surface area (Å²) in [4.78, 5) is 25.0. The minimum absolute atomic E-state index is 0. The predicted octanol–water partition coefficient (Wildman–Crippen LogP) is 1.14. The molecule has 0 bridgehead atoms. The number of carbonyl (C=O) groups is 2. The van der Waals surface area contributed by atoms with Crippen molar-refractivity contribution in [1.82, 2.24) is 10.2 Å². The average molecular weight is 286 g/mol. The van der Waals surface area contributed by atoms with E-state index in [1.165, 1.54) is 4.90 Å². The van der Waals surface area contributed by atoms with Crippen molar-refractivity contribution in [2.24, 2.45) is 5.92 Å². The lowest BCUT2D eigenvalue weighted by Crippen LogP contribution is -2.37. The lowest BCUT2D eigenvalue weighted by Gasteiger charge is -2.21. The standard InChI is InChI=1S/C13H19N3O2.ClH/c1-9(12(17)15-2)8-16(3)13(18)10-6-4-5-7-11(10)14;/h4-7,9H,8,14H2,1-3H3,(H,15,17);1H. The van der Waals surface area contributed by atoms with Crippen LogP contribution in [0.25, 0.3) is 0 Å². The van der Waals surface area contributed by atoms with Crippen molar-refractivity contribution >= 4 is 29.9 Å². The fourth-order valence-electron chi connectivity index (χ4n) is 1.72. The molecule has 0 heterocycles. The van der Waals surface area contributed by atoms with Crippen molar-refractivity contribution in [1.29, 1.82) is 0 Å². The van der Waals surface area contributed by atoms with E-state index in [0.29, 0.717) is 17.8 Å². The fraction of sp³-hybridized carbons (Fsp3) is 0.385. The Labute approximate surface area is 119 Å². The molecule has 1 aromatic rings. The maximum atomic E-state index is 12.1.